The summed E-state index contributed by atoms with van der Waals surface area (Å²) in [5.74, 6) is 0.855. The summed E-state index contributed by atoms with van der Waals surface area (Å²) in [4.78, 5) is 10.0. The molecule has 0 radical (unpaired) electrons. The lowest BCUT2D eigenvalue weighted by molar-refractivity contribution is 1.22. The molecule has 0 fully saturated rings. The molecule has 5 heteroatoms. The summed E-state index contributed by atoms with van der Waals surface area (Å²) >= 11 is 3.99. The molecule has 0 spiro atoms. The number of thiophene rings is 1. The smallest absolute Gasteiger partial charge is 0.143 e. The van der Waals surface area contributed by atoms with Gasteiger partial charge in [-0.25, -0.2) is 9.97 Å². The second kappa shape index (κ2) is 6.96. The van der Waals surface area contributed by atoms with E-state index >= 15 is 0 Å². The maximum atomic E-state index is 4.55. The normalized spacial score (nSPS) is 11.1. The minimum atomic E-state index is 0.855. The molecule has 26 heavy (non-hydrogen) atoms. The second-order valence-corrected chi connectivity index (χ2v) is 8.54. The Labute approximate surface area is 170 Å². The first-order chi connectivity index (χ1) is 12.5. The fourth-order valence-corrected chi connectivity index (χ4v) is 4.55. The summed E-state index contributed by atoms with van der Waals surface area (Å²) in [5, 5.41) is 6.78. The first kappa shape index (κ1) is 17.4. The van der Waals surface area contributed by atoms with Gasteiger partial charge >= 0.3 is 0 Å². The van der Waals surface area contributed by atoms with E-state index in [1.54, 1.807) is 17.7 Å². The van der Waals surface area contributed by atoms with Gasteiger partial charge in [0.2, 0.25) is 0 Å². The molecule has 2 heterocycles. The number of fused-ring (bicyclic) bond motifs is 1. The molecule has 0 atom stereocenters. The van der Waals surface area contributed by atoms with Crippen LogP contribution in [0.15, 0.2) is 48.1 Å². The molecule has 4 rings (SSSR count). The Hall–Kier alpha value is -1.99. The van der Waals surface area contributed by atoms with Crippen LogP contribution in [0.2, 0.25) is 0 Å². The Balaban J connectivity index is 1.85. The number of aromatic nitrogens is 2. The molecule has 1 N–H and O–H groups in total. The van der Waals surface area contributed by atoms with E-state index in [0.29, 0.717) is 0 Å². The third kappa shape index (κ3) is 3.21. The fourth-order valence-electron chi connectivity index (χ4n) is 2.99. The molecule has 0 amide bonds. The standard InChI is InChI=1S/C21H18IN3S/c1-12-4-5-15(8-13(12)2)17-10-26-21-19(17)20(23-11-24-21)25-18-7-6-16(22)9-14(18)3/h4-11H,1-3H3,(H,23,24,25). The van der Waals surface area contributed by atoms with Crippen LogP contribution in [0.1, 0.15) is 16.7 Å². The van der Waals surface area contributed by atoms with Crippen molar-refractivity contribution < 1.29 is 0 Å². The van der Waals surface area contributed by atoms with Gasteiger partial charge in [-0.15, -0.1) is 11.3 Å². The van der Waals surface area contributed by atoms with Gasteiger partial charge in [-0.2, -0.15) is 0 Å². The van der Waals surface area contributed by atoms with E-state index in [4.69, 9.17) is 0 Å². The van der Waals surface area contributed by atoms with Crippen LogP contribution in [0.4, 0.5) is 11.5 Å². The third-order valence-electron chi connectivity index (χ3n) is 4.63. The van der Waals surface area contributed by atoms with Gasteiger partial charge in [0.05, 0.1) is 5.39 Å². The molecule has 0 saturated heterocycles. The largest absolute Gasteiger partial charge is 0.339 e. The van der Waals surface area contributed by atoms with Crippen molar-refractivity contribution in [1.82, 2.24) is 9.97 Å². The third-order valence-corrected chi connectivity index (χ3v) is 6.19. The number of hydrogen-bond acceptors (Lipinski definition) is 4. The predicted octanol–water partition coefficient (Wildman–Crippen LogP) is 6.63. The van der Waals surface area contributed by atoms with Crippen molar-refractivity contribution in [1.29, 1.82) is 0 Å². The number of aryl methyl sites for hydroxylation is 3. The Morgan fingerprint density at radius 1 is 0.923 bits per heavy atom. The van der Waals surface area contributed by atoms with E-state index in [1.165, 1.54) is 31.4 Å². The van der Waals surface area contributed by atoms with Gasteiger partial charge in [0.15, 0.2) is 0 Å². The number of rotatable bonds is 3. The van der Waals surface area contributed by atoms with Crippen LogP contribution in [0, 0.1) is 24.3 Å². The Bertz CT molecular complexity index is 1120. The topological polar surface area (TPSA) is 37.8 Å². The summed E-state index contributed by atoms with van der Waals surface area (Å²) in [5.41, 5.74) is 7.25. The molecule has 4 aromatic rings. The lowest BCUT2D eigenvalue weighted by Gasteiger charge is -2.11. The van der Waals surface area contributed by atoms with E-state index in [9.17, 15) is 0 Å². The van der Waals surface area contributed by atoms with Crippen molar-refractivity contribution >= 4 is 55.6 Å². The number of halogens is 1. The van der Waals surface area contributed by atoms with E-state index in [-0.39, 0.29) is 0 Å². The van der Waals surface area contributed by atoms with Gasteiger partial charge in [-0.3, -0.25) is 0 Å². The highest BCUT2D eigenvalue weighted by molar-refractivity contribution is 14.1. The van der Waals surface area contributed by atoms with Crippen molar-refractivity contribution in [2.24, 2.45) is 0 Å². The lowest BCUT2D eigenvalue weighted by Crippen LogP contribution is -1.97. The highest BCUT2D eigenvalue weighted by Gasteiger charge is 2.14. The summed E-state index contributed by atoms with van der Waals surface area (Å²) < 4.78 is 1.23. The van der Waals surface area contributed by atoms with Crippen LogP contribution >= 0.6 is 33.9 Å². The average molecular weight is 471 g/mol. The zero-order chi connectivity index (χ0) is 18.3. The lowest BCUT2D eigenvalue weighted by atomic mass is 10.0. The van der Waals surface area contributed by atoms with Crippen LogP contribution in [0.25, 0.3) is 21.3 Å². The van der Waals surface area contributed by atoms with Crippen molar-refractivity contribution in [3.05, 3.63) is 68.4 Å². The minimum absolute atomic E-state index is 0.855. The highest BCUT2D eigenvalue weighted by Crippen LogP contribution is 2.38. The first-order valence-electron chi connectivity index (χ1n) is 8.36. The van der Waals surface area contributed by atoms with Crippen LogP contribution in [0.5, 0.6) is 0 Å². The Kier molecular flexibility index (Phi) is 4.67. The minimum Gasteiger partial charge on any atom is -0.339 e. The van der Waals surface area contributed by atoms with Gasteiger partial charge in [0.1, 0.15) is 17.0 Å². The van der Waals surface area contributed by atoms with Crippen LogP contribution < -0.4 is 5.32 Å². The van der Waals surface area contributed by atoms with Gasteiger partial charge in [0, 0.05) is 20.2 Å². The summed E-state index contributed by atoms with van der Waals surface area (Å²) in [7, 11) is 0. The molecule has 3 nitrogen and oxygen atoms in total. The fraction of sp³-hybridized carbons (Fsp3) is 0.143. The van der Waals surface area contributed by atoms with Crippen LogP contribution in [-0.2, 0) is 0 Å². The molecule has 130 valence electrons. The van der Waals surface area contributed by atoms with Crippen molar-refractivity contribution in [3.63, 3.8) is 0 Å². The predicted molar refractivity (Wildman–Crippen MR) is 120 cm³/mol. The zero-order valence-corrected chi connectivity index (χ0v) is 17.8. The molecule has 0 unspecified atom stereocenters. The Morgan fingerprint density at radius 2 is 1.77 bits per heavy atom. The molecular formula is C21H18IN3S. The molecule has 0 aliphatic carbocycles. The molecule has 2 aromatic heterocycles. The summed E-state index contributed by atoms with van der Waals surface area (Å²) in [6.07, 6.45) is 1.63. The van der Waals surface area contributed by atoms with Crippen LogP contribution in [-0.4, -0.2) is 9.97 Å². The first-order valence-corrected chi connectivity index (χ1v) is 10.3. The number of nitrogens with one attached hydrogen (secondary N) is 1. The monoisotopic (exact) mass is 471 g/mol. The van der Waals surface area contributed by atoms with E-state index in [2.05, 4.69) is 100 Å². The molecular weight excluding hydrogens is 453 g/mol. The summed E-state index contributed by atoms with van der Waals surface area (Å²) in [6.45, 7) is 6.40. The Morgan fingerprint density at radius 3 is 2.54 bits per heavy atom. The van der Waals surface area contributed by atoms with E-state index in [1.807, 2.05) is 0 Å². The maximum Gasteiger partial charge on any atom is 0.143 e. The maximum absolute atomic E-state index is 4.55. The SMILES string of the molecule is Cc1ccc(-c2csc3ncnc(Nc4ccc(I)cc4C)c23)cc1C. The van der Waals surface area contributed by atoms with E-state index in [0.717, 1.165) is 21.7 Å². The van der Waals surface area contributed by atoms with Crippen molar-refractivity contribution in [2.75, 3.05) is 5.32 Å². The molecule has 0 aliphatic heterocycles. The van der Waals surface area contributed by atoms with Crippen molar-refractivity contribution in [2.45, 2.75) is 20.8 Å². The molecule has 0 aliphatic rings. The summed E-state index contributed by atoms with van der Waals surface area (Å²) in [6, 6.07) is 13.0. The van der Waals surface area contributed by atoms with Gasteiger partial charge in [0.25, 0.3) is 0 Å². The second-order valence-electron chi connectivity index (χ2n) is 6.44. The zero-order valence-electron chi connectivity index (χ0n) is 14.8. The molecule has 2 aromatic carbocycles. The number of benzene rings is 2. The quantitative estimate of drug-likeness (QED) is 0.341. The van der Waals surface area contributed by atoms with Crippen LogP contribution in [0.3, 0.4) is 0 Å². The van der Waals surface area contributed by atoms with Gasteiger partial charge in [-0.1, -0.05) is 18.2 Å². The highest BCUT2D eigenvalue weighted by atomic mass is 127. The molecule has 0 bridgehead atoms. The number of anilines is 2. The average Bonchev–Trinajstić information content (AvgIpc) is 3.05. The number of hydrogen-bond donors (Lipinski definition) is 1. The van der Waals surface area contributed by atoms with Crippen molar-refractivity contribution in [3.8, 4) is 11.1 Å². The van der Waals surface area contributed by atoms with Gasteiger partial charge < -0.3 is 5.32 Å². The number of nitrogens with zero attached hydrogens (tertiary/aromatic N) is 2. The van der Waals surface area contributed by atoms with E-state index < -0.39 is 0 Å². The van der Waals surface area contributed by atoms with Gasteiger partial charge in [-0.05, 0) is 83.8 Å². The molecule has 0 saturated carbocycles.